The zero-order chi connectivity index (χ0) is 13.1. The van der Waals surface area contributed by atoms with Gasteiger partial charge in [0.1, 0.15) is 5.01 Å². The van der Waals surface area contributed by atoms with Crippen LogP contribution in [0, 0.1) is 6.92 Å². The molecule has 3 nitrogen and oxygen atoms in total. The summed E-state index contributed by atoms with van der Waals surface area (Å²) in [5.74, 6) is -0.368. The van der Waals surface area contributed by atoms with Crippen LogP contribution >= 0.6 is 27.3 Å². The van der Waals surface area contributed by atoms with Gasteiger partial charge in [-0.2, -0.15) is 0 Å². The van der Waals surface area contributed by atoms with Crippen LogP contribution in [0.3, 0.4) is 0 Å². The first-order valence-electron chi connectivity index (χ1n) is 5.51. The van der Waals surface area contributed by atoms with Crippen molar-refractivity contribution in [2.24, 2.45) is 0 Å². The lowest BCUT2D eigenvalue weighted by molar-refractivity contribution is 0.0520. The molecule has 0 atom stereocenters. The minimum absolute atomic E-state index is 0.363. The van der Waals surface area contributed by atoms with Crippen LogP contribution in [0.4, 0.5) is 0 Å². The minimum Gasteiger partial charge on any atom is -0.461 e. The van der Waals surface area contributed by atoms with Gasteiger partial charge in [-0.05, 0) is 31.5 Å². The first kappa shape index (κ1) is 13.2. The van der Waals surface area contributed by atoms with Gasteiger partial charge in [0.25, 0.3) is 0 Å². The quantitative estimate of drug-likeness (QED) is 0.799. The third kappa shape index (κ3) is 2.79. The number of halogens is 1. The number of thiazole rings is 1. The van der Waals surface area contributed by atoms with E-state index in [0.717, 1.165) is 20.6 Å². The number of ether oxygens (including phenoxy) is 1. The molecule has 0 unspecified atom stereocenters. The number of esters is 1. The third-order valence-corrected chi connectivity index (χ3v) is 3.79. The molecule has 0 saturated carbocycles. The minimum atomic E-state index is -0.368. The second kappa shape index (κ2) is 5.63. The molecule has 0 amide bonds. The number of carbonyl (C=O) groups excluding carboxylic acids is 1. The molecule has 2 rings (SSSR count). The maximum atomic E-state index is 11.6. The molecule has 0 radical (unpaired) electrons. The predicted molar refractivity (Wildman–Crippen MR) is 75.9 cm³/mol. The molecule has 1 heterocycles. The number of carbonyl (C=O) groups is 1. The van der Waals surface area contributed by atoms with Gasteiger partial charge < -0.3 is 4.74 Å². The standard InChI is InChI=1S/C13H12BrNO2S/c1-3-17-13(16)11-7-18-12(15-11)10-6-9(14)5-4-8(10)2/h4-7H,3H2,1-2H3. The van der Waals surface area contributed by atoms with Crippen molar-refractivity contribution in [3.8, 4) is 10.6 Å². The summed E-state index contributed by atoms with van der Waals surface area (Å²) in [6, 6.07) is 6.01. The van der Waals surface area contributed by atoms with Crippen molar-refractivity contribution in [1.82, 2.24) is 4.98 Å². The summed E-state index contributed by atoms with van der Waals surface area (Å²) in [6.07, 6.45) is 0. The van der Waals surface area contributed by atoms with E-state index < -0.39 is 0 Å². The highest BCUT2D eigenvalue weighted by molar-refractivity contribution is 9.10. The van der Waals surface area contributed by atoms with Crippen molar-refractivity contribution < 1.29 is 9.53 Å². The van der Waals surface area contributed by atoms with E-state index in [0.29, 0.717) is 12.3 Å². The summed E-state index contributed by atoms with van der Waals surface area (Å²) in [5, 5.41) is 2.56. The largest absolute Gasteiger partial charge is 0.461 e. The van der Waals surface area contributed by atoms with Crippen LogP contribution in [0.5, 0.6) is 0 Å². The topological polar surface area (TPSA) is 39.2 Å². The zero-order valence-corrected chi connectivity index (χ0v) is 12.5. The van der Waals surface area contributed by atoms with Crippen LogP contribution < -0.4 is 0 Å². The Bertz CT molecular complexity index is 580. The summed E-state index contributed by atoms with van der Waals surface area (Å²) in [7, 11) is 0. The maximum absolute atomic E-state index is 11.6. The van der Waals surface area contributed by atoms with E-state index in [2.05, 4.69) is 20.9 Å². The van der Waals surface area contributed by atoms with Gasteiger partial charge in [-0.3, -0.25) is 0 Å². The maximum Gasteiger partial charge on any atom is 0.357 e. The van der Waals surface area contributed by atoms with Gasteiger partial charge >= 0.3 is 5.97 Å². The lowest BCUT2D eigenvalue weighted by Gasteiger charge is -2.02. The van der Waals surface area contributed by atoms with E-state index in [1.54, 1.807) is 12.3 Å². The number of nitrogens with zero attached hydrogens (tertiary/aromatic N) is 1. The number of aromatic nitrogens is 1. The van der Waals surface area contributed by atoms with Crippen LogP contribution in [0.15, 0.2) is 28.1 Å². The highest BCUT2D eigenvalue weighted by Gasteiger charge is 2.13. The fourth-order valence-corrected chi connectivity index (χ4v) is 2.75. The van der Waals surface area contributed by atoms with Gasteiger partial charge in [-0.1, -0.05) is 22.0 Å². The van der Waals surface area contributed by atoms with Gasteiger partial charge in [0, 0.05) is 15.4 Å². The highest BCUT2D eigenvalue weighted by atomic mass is 79.9. The number of hydrogen-bond donors (Lipinski definition) is 0. The van der Waals surface area contributed by atoms with E-state index in [4.69, 9.17) is 4.74 Å². The number of hydrogen-bond acceptors (Lipinski definition) is 4. The Labute approximate surface area is 118 Å². The van der Waals surface area contributed by atoms with Crippen molar-refractivity contribution >= 4 is 33.2 Å². The second-order valence-corrected chi connectivity index (χ2v) is 5.49. The van der Waals surface area contributed by atoms with Gasteiger partial charge in [0.15, 0.2) is 5.69 Å². The van der Waals surface area contributed by atoms with Crippen LogP contribution in [-0.2, 0) is 4.74 Å². The Balaban J connectivity index is 2.35. The summed E-state index contributed by atoms with van der Waals surface area (Å²) in [5.41, 5.74) is 2.53. The summed E-state index contributed by atoms with van der Waals surface area (Å²) in [6.45, 7) is 4.17. The Morgan fingerprint density at radius 2 is 2.28 bits per heavy atom. The fourth-order valence-electron chi connectivity index (χ4n) is 1.52. The SMILES string of the molecule is CCOC(=O)c1csc(-c2cc(Br)ccc2C)n1. The molecule has 0 N–H and O–H groups in total. The number of benzene rings is 1. The molecule has 2 aromatic rings. The molecular weight excluding hydrogens is 314 g/mol. The molecular formula is C13H12BrNO2S. The Morgan fingerprint density at radius 3 is 3.00 bits per heavy atom. The summed E-state index contributed by atoms with van der Waals surface area (Å²) in [4.78, 5) is 15.9. The number of aryl methyl sites for hydroxylation is 1. The third-order valence-electron chi connectivity index (χ3n) is 2.42. The molecule has 0 spiro atoms. The predicted octanol–water partition coefficient (Wildman–Crippen LogP) is 4.06. The van der Waals surface area contributed by atoms with E-state index in [-0.39, 0.29) is 5.97 Å². The van der Waals surface area contributed by atoms with E-state index in [1.807, 2.05) is 25.1 Å². The Morgan fingerprint density at radius 1 is 1.50 bits per heavy atom. The van der Waals surface area contributed by atoms with Gasteiger partial charge in [-0.15, -0.1) is 11.3 Å². The molecule has 5 heteroatoms. The fraction of sp³-hybridized carbons (Fsp3) is 0.231. The normalized spacial score (nSPS) is 10.4. The van der Waals surface area contributed by atoms with E-state index in [1.165, 1.54) is 11.3 Å². The van der Waals surface area contributed by atoms with E-state index >= 15 is 0 Å². The average Bonchev–Trinajstić information content (AvgIpc) is 2.82. The first-order chi connectivity index (χ1) is 8.61. The molecule has 1 aromatic heterocycles. The van der Waals surface area contributed by atoms with Crippen LogP contribution in [-0.4, -0.2) is 17.6 Å². The molecule has 0 bridgehead atoms. The molecule has 0 aliphatic rings. The monoisotopic (exact) mass is 325 g/mol. The van der Waals surface area contributed by atoms with Crippen LogP contribution in [0.1, 0.15) is 23.0 Å². The van der Waals surface area contributed by atoms with Gasteiger partial charge in [-0.25, -0.2) is 9.78 Å². The van der Waals surface area contributed by atoms with E-state index in [9.17, 15) is 4.79 Å². The Hall–Kier alpha value is -1.20. The average molecular weight is 326 g/mol. The lowest BCUT2D eigenvalue weighted by Crippen LogP contribution is -2.04. The van der Waals surface area contributed by atoms with Crippen LogP contribution in [0.25, 0.3) is 10.6 Å². The van der Waals surface area contributed by atoms with Crippen molar-refractivity contribution in [3.63, 3.8) is 0 Å². The van der Waals surface area contributed by atoms with Gasteiger partial charge in [0.2, 0.25) is 0 Å². The van der Waals surface area contributed by atoms with Crippen molar-refractivity contribution in [3.05, 3.63) is 39.3 Å². The molecule has 0 aliphatic heterocycles. The van der Waals surface area contributed by atoms with Gasteiger partial charge in [0.05, 0.1) is 6.61 Å². The summed E-state index contributed by atoms with van der Waals surface area (Å²) >= 11 is 4.89. The number of rotatable bonds is 3. The molecule has 18 heavy (non-hydrogen) atoms. The lowest BCUT2D eigenvalue weighted by atomic mass is 10.1. The first-order valence-corrected chi connectivity index (χ1v) is 7.18. The summed E-state index contributed by atoms with van der Waals surface area (Å²) < 4.78 is 5.92. The molecule has 0 aliphatic carbocycles. The highest BCUT2D eigenvalue weighted by Crippen LogP contribution is 2.29. The molecule has 0 fully saturated rings. The van der Waals surface area contributed by atoms with Crippen LogP contribution in [0.2, 0.25) is 0 Å². The van der Waals surface area contributed by atoms with Crippen molar-refractivity contribution in [1.29, 1.82) is 0 Å². The zero-order valence-electron chi connectivity index (χ0n) is 10.1. The molecule has 1 aromatic carbocycles. The molecule has 0 saturated heterocycles. The van der Waals surface area contributed by atoms with Crippen molar-refractivity contribution in [2.75, 3.05) is 6.61 Å². The second-order valence-electron chi connectivity index (χ2n) is 3.72. The smallest absolute Gasteiger partial charge is 0.357 e. The molecule has 94 valence electrons. The van der Waals surface area contributed by atoms with Crippen molar-refractivity contribution in [2.45, 2.75) is 13.8 Å². The Kier molecular flexibility index (Phi) is 4.14.